The van der Waals surface area contributed by atoms with Crippen molar-refractivity contribution in [2.24, 2.45) is 5.73 Å². The maximum atomic E-state index is 13.5. The van der Waals surface area contributed by atoms with Crippen molar-refractivity contribution in [2.75, 3.05) is 21.2 Å². The van der Waals surface area contributed by atoms with Gasteiger partial charge in [-0.15, -0.1) is 11.3 Å². The monoisotopic (exact) mass is 428 g/mol. The molecule has 0 bridgehead atoms. The number of esters is 1. The van der Waals surface area contributed by atoms with E-state index in [0.29, 0.717) is 5.56 Å². The van der Waals surface area contributed by atoms with Crippen LogP contribution in [0.3, 0.4) is 0 Å². The van der Waals surface area contributed by atoms with Crippen LogP contribution in [0.15, 0.2) is 34.6 Å². The van der Waals surface area contributed by atoms with Crippen molar-refractivity contribution >= 4 is 40.7 Å². The first kappa shape index (κ1) is 21.0. The standard InChI is InChI=1S/C20H17FN4O4S/c1-24(2)19(28)16-15(10-4-6-11(21)7-5-10)12(9-22)17(23)25-18(27)13(30-20(16)25)8-14(26)29-3/h4-8,15H,23H2,1-3H3. The summed E-state index contributed by atoms with van der Waals surface area (Å²) in [6.45, 7) is 0. The second-order valence-electron chi connectivity index (χ2n) is 6.59. The molecule has 2 aromatic rings. The number of methoxy groups -OCH3 is 1. The number of thiazole rings is 1. The minimum absolute atomic E-state index is 0.000835. The van der Waals surface area contributed by atoms with Crippen molar-refractivity contribution in [3.05, 3.63) is 60.8 Å². The van der Waals surface area contributed by atoms with Crippen molar-refractivity contribution in [1.29, 1.82) is 5.26 Å². The highest BCUT2D eigenvalue weighted by Crippen LogP contribution is 2.36. The number of allylic oxidation sites excluding steroid dienone is 1. The molecule has 2 N–H and O–H groups in total. The molecule has 0 saturated heterocycles. The third-order valence-electron chi connectivity index (χ3n) is 4.56. The van der Waals surface area contributed by atoms with Gasteiger partial charge in [-0.2, -0.15) is 5.26 Å². The lowest BCUT2D eigenvalue weighted by atomic mass is 9.83. The Bertz CT molecular complexity index is 1300. The highest BCUT2D eigenvalue weighted by atomic mass is 32.1. The van der Waals surface area contributed by atoms with Gasteiger partial charge in [0, 0.05) is 20.2 Å². The summed E-state index contributed by atoms with van der Waals surface area (Å²) >= 11 is 0.889. The third kappa shape index (κ3) is 3.40. The van der Waals surface area contributed by atoms with E-state index in [4.69, 9.17) is 5.73 Å². The van der Waals surface area contributed by atoms with Crippen LogP contribution in [-0.2, 0) is 14.3 Å². The van der Waals surface area contributed by atoms with Crippen molar-refractivity contribution in [3.8, 4) is 6.07 Å². The SMILES string of the molecule is COC(=O)C=c1sc2n(c1=O)C(N)=C(C#N)C(c1ccc(F)cc1)C=2C(=O)N(C)C. The van der Waals surface area contributed by atoms with Gasteiger partial charge < -0.3 is 15.4 Å². The minimum atomic E-state index is -0.908. The molecule has 1 amide bonds. The number of hydrogen-bond acceptors (Lipinski definition) is 7. The molecule has 0 saturated carbocycles. The molecule has 0 aliphatic carbocycles. The highest BCUT2D eigenvalue weighted by molar-refractivity contribution is 7.07. The zero-order chi connectivity index (χ0) is 22.2. The first-order valence-corrected chi connectivity index (χ1v) is 9.45. The van der Waals surface area contributed by atoms with Gasteiger partial charge >= 0.3 is 5.97 Å². The van der Waals surface area contributed by atoms with Crippen LogP contribution in [0, 0.1) is 17.1 Å². The zero-order valence-corrected chi connectivity index (χ0v) is 17.1. The average Bonchev–Trinajstić information content (AvgIpc) is 3.04. The van der Waals surface area contributed by atoms with E-state index < -0.39 is 29.2 Å². The van der Waals surface area contributed by atoms with Crippen LogP contribution in [0.5, 0.6) is 0 Å². The fourth-order valence-electron chi connectivity index (χ4n) is 3.15. The van der Waals surface area contributed by atoms with Crippen molar-refractivity contribution < 1.29 is 18.7 Å². The molecule has 2 heterocycles. The Morgan fingerprint density at radius 2 is 1.97 bits per heavy atom. The van der Waals surface area contributed by atoms with Crippen LogP contribution in [0.2, 0.25) is 0 Å². The summed E-state index contributed by atoms with van der Waals surface area (Å²) in [5.74, 6) is -2.74. The number of benzene rings is 1. The van der Waals surface area contributed by atoms with E-state index in [9.17, 15) is 24.0 Å². The fraction of sp³-hybridized carbons (Fsp3) is 0.200. The Morgan fingerprint density at radius 1 is 1.33 bits per heavy atom. The lowest BCUT2D eigenvalue weighted by Crippen LogP contribution is -2.41. The molecule has 1 aliphatic heterocycles. The number of carbonyl (C=O) groups is 2. The number of hydrogen-bond donors (Lipinski definition) is 1. The molecule has 0 fully saturated rings. The van der Waals surface area contributed by atoms with Crippen LogP contribution in [0.4, 0.5) is 4.39 Å². The molecular weight excluding hydrogens is 411 g/mol. The maximum Gasteiger partial charge on any atom is 0.332 e. The number of fused-ring (bicyclic) bond motifs is 1. The van der Waals surface area contributed by atoms with Crippen LogP contribution in [0.25, 0.3) is 17.5 Å². The lowest BCUT2D eigenvalue weighted by molar-refractivity contribution is -0.133. The molecule has 1 unspecified atom stereocenters. The van der Waals surface area contributed by atoms with E-state index in [1.54, 1.807) is 0 Å². The van der Waals surface area contributed by atoms with E-state index in [2.05, 4.69) is 4.74 Å². The Hall–Kier alpha value is -3.71. The second kappa shape index (κ2) is 7.96. The predicted molar refractivity (Wildman–Crippen MR) is 109 cm³/mol. The summed E-state index contributed by atoms with van der Waals surface area (Å²) in [6, 6.07) is 7.32. The smallest absolute Gasteiger partial charge is 0.332 e. The Balaban J connectivity index is 2.50. The van der Waals surface area contributed by atoms with Crippen molar-refractivity contribution in [1.82, 2.24) is 9.47 Å². The minimum Gasteiger partial charge on any atom is -0.466 e. The third-order valence-corrected chi connectivity index (χ3v) is 5.67. The Labute approximate surface area is 174 Å². The largest absolute Gasteiger partial charge is 0.466 e. The Kier molecular flexibility index (Phi) is 5.58. The number of nitriles is 1. The number of ether oxygens (including phenoxy) is 1. The molecule has 1 aromatic carbocycles. The Morgan fingerprint density at radius 3 is 2.50 bits per heavy atom. The van der Waals surface area contributed by atoms with Crippen molar-refractivity contribution in [3.63, 3.8) is 0 Å². The molecule has 0 radical (unpaired) electrons. The summed E-state index contributed by atoms with van der Waals surface area (Å²) < 4.78 is 19.3. The number of amides is 1. The summed E-state index contributed by atoms with van der Waals surface area (Å²) in [6.07, 6.45) is 1.00. The van der Waals surface area contributed by atoms with E-state index in [0.717, 1.165) is 22.0 Å². The average molecular weight is 428 g/mol. The fourth-order valence-corrected chi connectivity index (χ4v) is 4.28. The van der Waals surface area contributed by atoms with Gasteiger partial charge in [-0.1, -0.05) is 12.1 Å². The molecule has 3 rings (SSSR count). The van der Waals surface area contributed by atoms with Crippen LogP contribution in [-0.4, -0.2) is 42.5 Å². The first-order chi connectivity index (χ1) is 14.2. The molecule has 30 heavy (non-hydrogen) atoms. The van der Waals surface area contributed by atoms with E-state index >= 15 is 0 Å². The summed E-state index contributed by atoms with van der Waals surface area (Å²) in [4.78, 5) is 39.0. The number of halogens is 1. The van der Waals surface area contributed by atoms with Gasteiger partial charge in [0.2, 0.25) is 0 Å². The van der Waals surface area contributed by atoms with Crippen LogP contribution >= 0.6 is 11.3 Å². The molecule has 8 nitrogen and oxygen atoms in total. The molecule has 0 spiro atoms. The van der Waals surface area contributed by atoms with Gasteiger partial charge in [-0.25, -0.2) is 9.18 Å². The topological polar surface area (TPSA) is 118 Å². The van der Waals surface area contributed by atoms with Gasteiger partial charge in [0.15, 0.2) is 0 Å². The van der Waals surface area contributed by atoms with Crippen LogP contribution in [0.1, 0.15) is 11.5 Å². The number of carbonyl (C=O) groups excluding carboxylic acids is 2. The molecule has 1 aliphatic rings. The highest BCUT2D eigenvalue weighted by Gasteiger charge is 2.36. The van der Waals surface area contributed by atoms with Crippen LogP contribution < -0.4 is 20.5 Å². The summed E-state index contributed by atoms with van der Waals surface area (Å²) in [5, 5.41) is 9.80. The van der Waals surface area contributed by atoms with Gasteiger partial charge in [0.25, 0.3) is 11.5 Å². The molecule has 1 atom stereocenters. The first-order valence-electron chi connectivity index (χ1n) is 8.64. The van der Waals surface area contributed by atoms with Gasteiger partial charge in [0.05, 0.1) is 30.2 Å². The van der Waals surface area contributed by atoms with E-state index in [1.807, 2.05) is 6.07 Å². The van der Waals surface area contributed by atoms with Crippen molar-refractivity contribution in [2.45, 2.75) is 5.92 Å². The van der Waals surface area contributed by atoms with E-state index in [-0.39, 0.29) is 26.2 Å². The number of nitrogens with zero attached hydrogens (tertiary/aromatic N) is 3. The predicted octanol–water partition coefficient (Wildman–Crippen LogP) is -0.310. The maximum absolute atomic E-state index is 13.5. The number of rotatable bonds is 3. The number of aromatic nitrogens is 1. The quantitative estimate of drug-likeness (QED) is 0.670. The summed E-state index contributed by atoms with van der Waals surface area (Å²) in [7, 11) is 4.23. The molecule has 154 valence electrons. The van der Waals surface area contributed by atoms with Gasteiger partial charge in [0.1, 0.15) is 20.8 Å². The number of nitrogens with two attached hydrogens (primary N) is 1. The van der Waals surface area contributed by atoms with Gasteiger partial charge in [-0.05, 0) is 17.7 Å². The molecule has 1 aromatic heterocycles. The summed E-state index contributed by atoms with van der Waals surface area (Å²) in [5.41, 5.74) is 6.08. The lowest BCUT2D eigenvalue weighted by Gasteiger charge is -2.26. The molecular formula is C20H17FN4O4S. The van der Waals surface area contributed by atoms with E-state index in [1.165, 1.54) is 50.4 Å². The van der Waals surface area contributed by atoms with Gasteiger partial charge in [-0.3, -0.25) is 14.2 Å². The second-order valence-corrected chi connectivity index (χ2v) is 7.62. The molecule has 10 heteroatoms. The normalized spacial score (nSPS) is 16.2. The zero-order valence-electron chi connectivity index (χ0n) is 16.3.